The summed E-state index contributed by atoms with van der Waals surface area (Å²) in [4.78, 5) is 21.7. The van der Waals surface area contributed by atoms with E-state index in [2.05, 4.69) is 5.32 Å². The van der Waals surface area contributed by atoms with Crippen LogP contribution < -0.4 is 5.32 Å². The van der Waals surface area contributed by atoms with Gasteiger partial charge < -0.3 is 10.1 Å². The summed E-state index contributed by atoms with van der Waals surface area (Å²) in [7, 11) is 0. The first-order valence-corrected chi connectivity index (χ1v) is 5.24. The Kier molecular flexibility index (Phi) is 4.90. The molecule has 0 aromatic rings. The number of hydrogen-bond donors (Lipinski definition) is 1. The molecular formula is C9H14ClNO3. The van der Waals surface area contributed by atoms with Gasteiger partial charge in [-0.15, -0.1) is 11.6 Å². The van der Waals surface area contributed by atoms with E-state index in [4.69, 9.17) is 16.3 Å². The number of ether oxygens (including phenoxy) is 1. The van der Waals surface area contributed by atoms with Crippen molar-refractivity contribution in [1.82, 2.24) is 5.32 Å². The molecule has 1 heterocycles. The molecule has 0 radical (unpaired) electrons. The predicted molar refractivity (Wildman–Crippen MR) is 52.3 cm³/mol. The van der Waals surface area contributed by atoms with E-state index in [1.54, 1.807) is 0 Å². The summed E-state index contributed by atoms with van der Waals surface area (Å²) in [6.45, 7) is 2.24. The standard InChI is InChI=1S/C9H14ClNO3/c10-5-8(12)9(13)14-6-7-1-3-11-4-2-7/h7,11H,1-6H2. The maximum absolute atomic E-state index is 10.9. The Bertz CT molecular complexity index is 214. The topological polar surface area (TPSA) is 55.4 Å². The van der Waals surface area contributed by atoms with Crippen molar-refractivity contribution in [3.63, 3.8) is 0 Å². The third-order valence-electron chi connectivity index (χ3n) is 2.26. The van der Waals surface area contributed by atoms with Gasteiger partial charge in [0.2, 0.25) is 0 Å². The zero-order valence-corrected chi connectivity index (χ0v) is 8.68. The van der Waals surface area contributed by atoms with Gasteiger partial charge in [0.05, 0.1) is 12.5 Å². The monoisotopic (exact) mass is 219 g/mol. The highest BCUT2D eigenvalue weighted by molar-refractivity contribution is 6.45. The fourth-order valence-corrected chi connectivity index (χ4v) is 1.49. The van der Waals surface area contributed by atoms with Crippen LogP contribution in [-0.4, -0.2) is 37.3 Å². The molecule has 1 aliphatic heterocycles. The molecule has 0 aliphatic carbocycles. The van der Waals surface area contributed by atoms with Gasteiger partial charge in [-0.3, -0.25) is 4.79 Å². The highest BCUT2D eigenvalue weighted by atomic mass is 35.5. The zero-order chi connectivity index (χ0) is 10.4. The van der Waals surface area contributed by atoms with Crippen LogP contribution in [0.25, 0.3) is 0 Å². The Morgan fingerprint density at radius 3 is 2.57 bits per heavy atom. The SMILES string of the molecule is O=C(CCl)C(=O)OCC1CCNCC1. The molecule has 0 amide bonds. The number of Topliss-reactive ketones (excluding diaryl/α,β-unsaturated/α-hetero) is 1. The normalized spacial score (nSPS) is 17.8. The molecule has 80 valence electrons. The quantitative estimate of drug-likeness (QED) is 0.421. The molecule has 0 saturated carbocycles. The number of rotatable bonds is 4. The molecule has 0 atom stereocenters. The molecule has 0 bridgehead atoms. The average Bonchev–Trinajstić information content (AvgIpc) is 2.26. The lowest BCUT2D eigenvalue weighted by Crippen LogP contribution is -2.31. The molecule has 5 heteroatoms. The fraction of sp³-hybridized carbons (Fsp3) is 0.778. The summed E-state index contributed by atoms with van der Waals surface area (Å²) >= 11 is 5.21. The lowest BCUT2D eigenvalue weighted by Gasteiger charge is -2.21. The maximum Gasteiger partial charge on any atom is 0.375 e. The van der Waals surface area contributed by atoms with Gasteiger partial charge in [0.1, 0.15) is 0 Å². The summed E-state index contributed by atoms with van der Waals surface area (Å²) in [6.07, 6.45) is 1.98. The third-order valence-corrected chi connectivity index (χ3v) is 2.50. The van der Waals surface area contributed by atoms with E-state index >= 15 is 0 Å². The first kappa shape index (κ1) is 11.5. The van der Waals surface area contributed by atoms with E-state index < -0.39 is 11.8 Å². The zero-order valence-electron chi connectivity index (χ0n) is 7.92. The summed E-state index contributed by atoms with van der Waals surface area (Å²) in [5, 5.41) is 3.21. The average molecular weight is 220 g/mol. The van der Waals surface area contributed by atoms with Crippen LogP contribution in [0.3, 0.4) is 0 Å². The van der Waals surface area contributed by atoms with Gasteiger partial charge in [-0.25, -0.2) is 4.79 Å². The number of piperidine rings is 1. The number of carbonyl (C=O) groups is 2. The molecule has 0 unspecified atom stereocenters. The molecule has 0 aromatic carbocycles. The smallest absolute Gasteiger partial charge is 0.375 e. The Labute approximate surface area is 87.9 Å². The van der Waals surface area contributed by atoms with Crippen molar-refractivity contribution in [3.05, 3.63) is 0 Å². The summed E-state index contributed by atoms with van der Waals surface area (Å²) in [6, 6.07) is 0. The lowest BCUT2D eigenvalue weighted by molar-refractivity contribution is -0.154. The first-order valence-electron chi connectivity index (χ1n) is 4.70. The summed E-state index contributed by atoms with van der Waals surface area (Å²) in [5.74, 6) is -1.40. The van der Waals surface area contributed by atoms with E-state index in [0.29, 0.717) is 12.5 Å². The Morgan fingerprint density at radius 1 is 1.36 bits per heavy atom. The molecule has 14 heavy (non-hydrogen) atoms. The number of esters is 1. The van der Waals surface area contributed by atoms with Crippen molar-refractivity contribution >= 4 is 23.4 Å². The number of halogens is 1. The van der Waals surface area contributed by atoms with E-state index in [0.717, 1.165) is 25.9 Å². The van der Waals surface area contributed by atoms with Crippen LogP contribution in [0.1, 0.15) is 12.8 Å². The van der Waals surface area contributed by atoms with Gasteiger partial charge >= 0.3 is 5.97 Å². The number of nitrogens with one attached hydrogen (secondary N) is 1. The van der Waals surface area contributed by atoms with E-state index in [-0.39, 0.29) is 5.88 Å². The minimum atomic E-state index is -0.807. The van der Waals surface area contributed by atoms with Crippen LogP contribution in [0, 0.1) is 5.92 Å². The van der Waals surface area contributed by atoms with Gasteiger partial charge in [-0.05, 0) is 31.8 Å². The molecular weight excluding hydrogens is 206 g/mol. The van der Waals surface area contributed by atoms with E-state index in [9.17, 15) is 9.59 Å². The molecule has 4 nitrogen and oxygen atoms in total. The van der Waals surface area contributed by atoms with Gasteiger partial charge in [0, 0.05) is 0 Å². The van der Waals surface area contributed by atoms with Crippen LogP contribution in [0.4, 0.5) is 0 Å². The molecule has 1 rings (SSSR count). The van der Waals surface area contributed by atoms with Crippen molar-refractivity contribution in [2.75, 3.05) is 25.6 Å². The second kappa shape index (κ2) is 5.98. The lowest BCUT2D eigenvalue weighted by atomic mass is 9.99. The van der Waals surface area contributed by atoms with Crippen molar-refractivity contribution in [3.8, 4) is 0 Å². The molecule has 0 aromatic heterocycles. The summed E-state index contributed by atoms with van der Waals surface area (Å²) in [5.41, 5.74) is 0. The van der Waals surface area contributed by atoms with Crippen molar-refractivity contribution in [1.29, 1.82) is 0 Å². The second-order valence-electron chi connectivity index (χ2n) is 3.35. The predicted octanol–water partition coefficient (Wildman–Crippen LogP) is 0.337. The van der Waals surface area contributed by atoms with Crippen LogP contribution in [0.15, 0.2) is 0 Å². The number of hydrogen-bond acceptors (Lipinski definition) is 4. The molecule has 1 N–H and O–H groups in total. The highest BCUT2D eigenvalue weighted by Crippen LogP contribution is 2.11. The number of ketones is 1. The van der Waals surface area contributed by atoms with Crippen LogP contribution >= 0.6 is 11.6 Å². The van der Waals surface area contributed by atoms with Crippen LogP contribution in [0.2, 0.25) is 0 Å². The first-order chi connectivity index (χ1) is 6.74. The minimum Gasteiger partial charge on any atom is -0.460 e. The highest BCUT2D eigenvalue weighted by Gasteiger charge is 2.18. The molecule has 1 fully saturated rings. The van der Waals surface area contributed by atoms with E-state index in [1.807, 2.05) is 0 Å². The van der Waals surface area contributed by atoms with Crippen LogP contribution in [-0.2, 0) is 14.3 Å². The molecule has 0 spiro atoms. The van der Waals surface area contributed by atoms with Crippen molar-refractivity contribution < 1.29 is 14.3 Å². The van der Waals surface area contributed by atoms with Gasteiger partial charge in [0.15, 0.2) is 0 Å². The van der Waals surface area contributed by atoms with Crippen molar-refractivity contribution in [2.45, 2.75) is 12.8 Å². The minimum absolute atomic E-state index is 0.301. The van der Waals surface area contributed by atoms with Crippen LogP contribution in [0.5, 0.6) is 0 Å². The number of carbonyl (C=O) groups excluding carboxylic acids is 2. The van der Waals surface area contributed by atoms with Crippen molar-refractivity contribution in [2.24, 2.45) is 5.92 Å². The summed E-state index contributed by atoms with van der Waals surface area (Å²) < 4.78 is 4.83. The molecule has 1 saturated heterocycles. The molecule has 1 aliphatic rings. The Hall–Kier alpha value is -0.610. The Morgan fingerprint density at radius 2 is 2.00 bits per heavy atom. The van der Waals surface area contributed by atoms with Gasteiger partial charge in [-0.2, -0.15) is 0 Å². The maximum atomic E-state index is 10.9. The second-order valence-corrected chi connectivity index (χ2v) is 3.62. The van der Waals surface area contributed by atoms with Gasteiger partial charge in [-0.1, -0.05) is 0 Å². The van der Waals surface area contributed by atoms with E-state index in [1.165, 1.54) is 0 Å². The number of alkyl halides is 1. The Balaban J connectivity index is 2.18. The van der Waals surface area contributed by atoms with Gasteiger partial charge in [0.25, 0.3) is 5.78 Å². The fourth-order valence-electron chi connectivity index (χ4n) is 1.38. The largest absolute Gasteiger partial charge is 0.460 e. The third kappa shape index (κ3) is 3.64.